The second kappa shape index (κ2) is 7.41. The molecule has 27 heavy (non-hydrogen) atoms. The lowest BCUT2D eigenvalue weighted by atomic mass is 9.72. The lowest BCUT2D eigenvalue weighted by Gasteiger charge is -2.42. The number of anilines is 1. The number of para-hydroxylation sites is 1. The van der Waals surface area contributed by atoms with Crippen LogP contribution in [0.5, 0.6) is 0 Å². The van der Waals surface area contributed by atoms with Gasteiger partial charge < -0.3 is 15.3 Å². The third-order valence-electron chi connectivity index (χ3n) is 6.16. The molecule has 1 atom stereocenters. The van der Waals surface area contributed by atoms with Crippen molar-refractivity contribution in [2.24, 2.45) is 0 Å². The van der Waals surface area contributed by atoms with Crippen LogP contribution in [0, 0.1) is 5.82 Å². The molecule has 4 nitrogen and oxygen atoms in total. The second-order valence-electron chi connectivity index (χ2n) is 7.65. The molecule has 0 bridgehead atoms. The maximum atomic E-state index is 13.6. The fourth-order valence-electron chi connectivity index (χ4n) is 4.58. The Labute approximate surface area is 159 Å². The SMILES string of the molecule is O=C(CCN1CCC2(CC1)c1ccccc1C[C@H]2O)Nc1ccccc1F. The number of nitrogens with zero attached hydrogens (tertiary/aromatic N) is 1. The van der Waals surface area contributed by atoms with E-state index in [1.165, 1.54) is 17.2 Å². The molecule has 1 saturated heterocycles. The van der Waals surface area contributed by atoms with Crippen molar-refractivity contribution in [3.05, 3.63) is 65.5 Å². The number of hydrogen-bond donors (Lipinski definition) is 2. The van der Waals surface area contributed by atoms with E-state index in [2.05, 4.69) is 28.4 Å². The van der Waals surface area contributed by atoms with Crippen LogP contribution in [0.1, 0.15) is 30.4 Å². The molecule has 1 aliphatic carbocycles. The van der Waals surface area contributed by atoms with Gasteiger partial charge in [0.05, 0.1) is 11.8 Å². The number of benzene rings is 2. The third-order valence-corrected chi connectivity index (χ3v) is 6.16. The Kier molecular flexibility index (Phi) is 4.98. The monoisotopic (exact) mass is 368 g/mol. The zero-order valence-electron chi connectivity index (χ0n) is 15.3. The van der Waals surface area contributed by atoms with Crippen LogP contribution in [0.2, 0.25) is 0 Å². The van der Waals surface area contributed by atoms with Crippen molar-refractivity contribution >= 4 is 11.6 Å². The highest BCUT2D eigenvalue weighted by molar-refractivity contribution is 5.90. The fourth-order valence-corrected chi connectivity index (χ4v) is 4.58. The molecule has 1 aliphatic heterocycles. The van der Waals surface area contributed by atoms with Gasteiger partial charge in [-0.15, -0.1) is 0 Å². The minimum Gasteiger partial charge on any atom is -0.392 e. The smallest absolute Gasteiger partial charge is 0.225 e. The van der Waals surface area contributed by atoms with E-state index < -0.39 is 5.82 Å². The Morgan fingerprint density at radius 3 is 2.63 bits per heavy atom. The summed E-state index contributed by atoms with van der Waals surface area (Å²) in [4.78, 5) is 14.4. The lowest BCUT2D eigenvalue weighted by molar-refractivity contribution is -0.116. The summed E-state index contributed by atoms with van der Waals surface area (Å²) in [6.45, 7) is 2.37. The van der Waals surface area contributed by atoms with Crippen LogP contribution in [0.4, 0.5) is 10.1 Å². The van der Waals surface area contributed by atoms with Crippen LogP contribution < -0.4 is 5.32 Å². The van der Waals surface area contributed by atoms with Gasteiger partial charge in [0.1, 0.15) is 5.82 Å². The van der Waals surface area contributed by atoms with E-state index in [4.69, 9.17) is 0 Å². The van der Waals surface area contributed by atoms with E-state index in [9.17, 15) is 14.3 Å². The predicted molar refractivity (Wildman–Crippen MR) is 103 cm³/mol. The van der Waals surface area contributed by atoms with E-state index in [1.54, 1.807) is 18.2 Å². The van der Waals surface area contributed by atoms with Gasteiger partial charge >= 0.3 is 0 Å². The minimum atomic E-state index is -0.417. The maximum absolute atomic E-state index is 13.6. The Morgan fingerprint density at radius 1 is 1.15 bits per heavy atom. The van der Waals surface area contributed by atoms with E-state index in [0.29, 0.717) is 13.0 Å². The number of aliphatic hydroxyl groups is 1. The summed E-state index contributed by atoms with van der Waals surface area (Å²) < 4.78 is 13.6. The topological polar surface area (TPSA) is 52.6 Å². The van der Waals surface area contributed by atoms with Crippen molar-refractivity contribution in [3.8, 4) is 0 Å². The summed E-state index contributed by atoms with van der Waals surface area (Å²) in [7, 11) is 0. The van der Waals surface area contributed by atoms with Crippen molar-refractivity contribution in [2.45, 2.75) is 37.2 Å². The van der Waals surface area contributed by atoms with Crippen LogP contribution >= 0.6 is 0 Å². The molecule has 2 aromatic rings. The quantitative estimate of drug-likeness (QED) is 0.872. The number of hydrogen-bond acceptors (Lipinski definition) is 3. The van der Waals surface area contributed by atoms with Gasteiger partial charge in [-0.25, -0.2) is 4.39 Å². The summed E-state index contributed by atoms with van der Waals surface area (Å²) in [5.74, 6) is -0.591. The maximum Gasteiger partial charge on any atom is 0.225 e. The summed E-state index contributed by atoms with van der Waals surface area (Å²) in [6, 6.07) is 14.6. The number of carbonyl (C=O) groups is 1. The molecule has 1 amide bonds. The standard InChI is InChI=1S/C22H25FN2O2/c23-18-7-3-4-8-19(18)24-21(27)9-12-25-13-10-22(11-14-25)17-6-2-1-5-16(17)15-20(22)26/h1-8,20,26H,9-15H2,(H,24,27)/t20-/m1/s1. The van der Waals surface area contributed by atoms with Crippen LogP contribution in [-0.2, 0) is 16.6 Å². The predicted octanol–water partition coefficient (Wildman–Crippen LogP) is 3.11. The Bertz CT molecular complexity index is 831. The van der Waals surface area contributed by atoms with Gasteiger partial charge in [-0.1, -0.05) is 36.4 Å². The molecule has 1 spiro atoms. The molecule has 0 radical (unpaired) electrons. The highest BCUT2D eigenvalue weighted by Gasteiger charge is 2.47. The van der Waals surface area contributed by atoms with E-state index in [-0.39, 0.29) is 23.1 Å². The number of nitrogens with one attached hydrogen (secondary N) is 1. The molecule has 2 N–H and O–H groups in total. The van der Waals surface area contributed by atoms with Crippen LogP contribution in [0.25, 0.3) is 0 Å². The highest BCUT2D eigenvalue weighted by atomic mass is 19.1. The van der Waals surface area contributed by atoms with Gasteiger partial charge in [-0.05, 0) is 55.6 Å². The molecule has 0 unspecified atom stereocenters. The molecular formula is C22H25FN2O2. The number of likely N-dealkylation sites (tertiary alicyclic amines) is 1. The van der Waals surface area contributed by atoms with Gasteiger partial charge in [0.2, 0.25) is 5.91 Å². The largest absolute Gasteiger partial charge is 0.392 e. The normalized spacial score (nSPS) is 21.2. The number of piperidine rings is 1. The second-order valence-corrected chi connectivity index (χ2v) is 7.65. The summed E-state index contributed by atoms with van der Waals surface area (Å²) in [6.07, 6.45) is 2.56. The molecular weight excluding hydrogens is 343 g/mol. The number of rotatable bonds is 4. The zero-order valence-corrected chi connectivity index (χ0v) is 15.3. The number of fused-ring (bicyclic) bond motifs is 2. The molecule has 2 aromatic carbocycles. The fraction of sp³-hybridized carbons (Fsp3) is 0.409. The van der Waals surface area contributed by atoms with Crippen molar-refractivity contribution in [1.29, 1.82) is 0 Å². The van der Waals surface area contributed by atoms with Crippen molar-refractivity contribution < 1.29 is 14.3 Å². The van der Waals surface area contributed by atoms with Crippen molar-refractivity contribution in [1.82, 2.24) is 4.90 Å². The minimum absolute atomic E-state index is 0.136. The Hall–Kier alpha value is -2.24. The number of aliphatic hydroxyl groups excluding tert-OH is 1. The third kappa shape index (κ3) is 3.49. The summed E-state index contributed by atoms with van der Waals surface area (Å²) >= 11 is 0. The first kappa shape index (κ1) is 18.1. The first-order valence-electron chi connectivity index (χ1n) is 9.62. The Morgan fingerprint density at radius 2 is 1.85 bits per heavy atom. The molecule has 4 rings (SSSR count). The van der Waals surface area contributed by atoms with Gasteiger partial charge in [0, 0.05) is 18.4 Å². The van der Waals surface area contributed by atoms with Gasteiger partial charge in [-0.2, -0.15) is 0 Å². The van der Waals surface area contributed by atoms with Crippen molar-refractivity contribution in [2.75, 3.05) is 25.0 Å². The summed E-state index contributed by atoms with van der Waals surface area (Å²) in [5.41, 5.74) is 2.66. The Balaban J connectivity index is 1.31. The van der Waals surface area contributed by atoms with E-state index >= 15 is 0 Å². The molecule has 142 valence electrons. The average Bonchev–Trinajstić information content (AvgIpc) is 2.95. The molecule has 2 aliphatic rings. The molecule has 1 heterocycles. The highest BCUT2D eigenvalue weighted by Crippen LogP contribution is 2.46. The molecule has 1 fully saturated rings. The summed E-state index contributed by atoms with van der Waals surface area (Å²) in [5, 5.41) is 13.3. The van der Waals surface area contributed by atoms with Gasteiger partial charge in [0.25, 0.3) is 0 Å². The van der Waals surface area contributed by atoms with Gasteiger partial charge in [-0.3, -0.25) is 4.79 Å². The number of amides is 1. The zero-order chi connectivity index (χ0) is 18.9. The van der Waals surface area contributed by atoms with Crippen LogP contribution in [-0.4, -0.2) is 41.7 Å². The first-order chi connectivity index (χ1) is 13.1. The van der Waals surface area contributed by atoms with E-state index in [0.717, 1.165) is 32.4 Å². The van der Waals surface area contributed by atoms with Crippen LogP contribution in [0.15, 0.2) is 48.5 Å². The number of carbonyl (C=O) groups excluding carboxylic acids is 1. The van der Waals surface area contributed by atoms with Gasteiger partial charge in [0.15, 0.2) is 0 Å². The first-order valence-corrected chi connectivity index (χ1v) is 9.62. The molecule has 5 heteroatoms. The van der Waals surface area contributed by atoms with Crippen molar-refractivity contribution in [3.63, 3.8) is 0 Å². The number of halogens is 1. The molecule has 0 aromatic heterocycles. The van der Waals surface area contributed by atoms with E-state index in [1.807, 2.05) is 6.07 Å². The van der Waals surface area contributed by atoms with Crippen LogP contribution in [0.3, 0.4) is 0 Å². The lowest BCUT2D eigenvalue weighted by Crippen LogP contribution is -2.47. The average molecular weight is 368 g/mol. The molecule has 0 saturated carbocycles.